The van der Waals surface area contributed by atoms with Gasteiger partial charge in [-0.25, -0.2) is 0 Å². The Bertz CT molecular complexity index is 602. The van der Waals surface area contributed by atoms with Crippen LogP contribution in [0.15, 0.2) is 41.7 Å². The van der Waals surface area contributed by atoms with Gasteiger partial charge in [0.1, 0.15) is 0 Å². The predicted octanol–water partition coefficient (Wildman–Crippen LogP) is 5.52. The molecule has 0 amide bonds. The van der Waals surface area contributed by atoms with E-state index in [9.17, 15) is 0 Å². The smallest absolute Gasteiger partial charge is 0.241 e. The second-order valence-corrected chi connectivity index (χ2v) is 11.8. The zero-order valence-corrected chi connectivity index (χ0v) is 16.5. The highest BCUT2D eigenvalue weighted by atomic mass is 28.4. The lowest BCUT2D eigenvalue weighted by molar-refractivity contribution is 0.119. The van der Waals surface area contributed by atoms with Crippen molar-refractivity contribution in [3.63, 3.8) is 0 Å². The molecule has 0 aliphatic heterocycles. The van der Waals surface area contributed by atoms with Crippen molar-refractivity contribution in [3.05, 3.63) is 47.2 Å². The average Bonchev–Trinajstić information content (AvgIpc) is 2.86. The highest BCUT2D eigenvalue weighted by Gasteiger charge is 2.26. The van der Waals surface area contributed by atoms with Gasteiger partial charge in [-0.15, -0.1) is 5.92 Å². The Balaban J connectivity index is 1.66. The molecule has 0 bridgehead atoms. The van der Waals surface area contributed by atoms with Gasteiger partial charge < -0.3 is 9.16 Å². The van der Waals surface area contributed by atoms with Gasteiger partial charge in [0.05, 0.1) is 12.4 Å². The molecule has 1 aromatic carbocycles. The van der Waals surface area contributed by atoms with Crippen LogP contribution in [0.2, 0.25) is 19.6 Å². The van der Waals surface area contributed by atoms with Crippen molar-refractivity contribution in [2.75, 3.05) is 6.61 Å². The molecule has 0 aromatic heterocycles. The normalized spacial score (nSPS) is 17.6. The third kappa shape index (κ3) is 6.55. The summed E-state index contributed by atoms with van der Waals surface area (Å²) in [6.07, 6.45) is 4.06. The van der Waals surface area contributed by atoms with E-state index in [1.807, 2.05) is 18.2 Å². The number of unbranched alkanes of at least 4 members (excludes halogenated alkanes) is 1. The van der Waals surface area contributed by atoms with Gasteiger partial charge in [-0.05, 0) is 50.5 Å². The van der Waals surface area contributed by atoms with Crippen LogP contribution in [0.25, 0.3) is 0 Å². The minimum Gasteiger partial charge on any atom is -0.547 e. The van der Waals surface area contributed by atoms with Gasteiger partial charge in [-0.3, -0.25) is 0 Å². The van der Waals surface area contributed by atoms with Gasteiger partial charge in [-0.2, -0.15) is 0 Å². The summed E-state index contributed by atoms with van der Waals surface area (Å²) in [6, 6.07) is 10.3. The number of hydrogen-bond donors (Lipinski definition) is 0. The van der Waals surface area contributed by atoms with Crippen LogP contribution in [0.5, 0.6) is 0 Å². The molecule has 3 heteroatoms. The van der Waals surface area contributed by atoms with E-state index in [-0.39, 0.29) is 0 Å². The molecular formula is C21H30O2Si. The van der Waals surface area contributed by atoms with Crippen molar-refractivity contribution >= 4 is 8.32 Å². The maximum absolute atomic E-state index is 6.17. The first-order valence-corrected chi connectivity index (χ1v) is 12.4. The average molecular weight is 343 g/mol. The largest absolute Gasteiger partial charge is 0.547 e. The topological polar surface area (TPSA) is 18.5 Å². The Hall–Kier alpha value is -1.50. The van der Waals surface area contributed by atoms with E-state index in [4.69, 9.17) is 9.16 Å². The van der Waals surface area contributed by atoms with Crippen molar-refractivity contribution in [3.8, 4) is 11.8 Å². The molecule has 1 aliphatic carbocycles. The highest BCUT2D eigenvalue weighted by molar-refractivity contribution is 6.70. The Morgan fingerprint density at radius 3 is 2.62 bits per heavy atom. The van der Waals surface area contributed by atoms with E-state index in [0.717, 1.165) is 32.3 Å². The van der Waals surface area contributed by atoms with E-state index in [0.29, 0.717) is 12.5 Å². The summed E-state index contributed by atoms with van der Waals surface area (Å²) >= 11 is 0. The van der Waals surface area contributed by atoms with Gasteiger partial charge in [0.15, 0.2) is 0 Å². The van der Waals surface area contributed by atoms with Crippen molar-refractivity contribution in [1.82, 2.24) is 0 Å². The molecule has 1 atom stereocenters. The minimum absolute atomic E-state index is 0.390. The molecule has 1 unspecified atom stereocenters. The Kier molecular flexibility index (Phi) is 7.14. The zero-order chi connectivity index (χ0) is 17.4. The second kappa shape index (κ2) is 9.10. The molecule has 0 saturated carbocycles. The van der Waals surface area contributed by atoms with Crippen molar-refractivity contribution in [2.24, 2.45) is 5.92 Å². The fraction of sp³-hybridized carbons (Fsp3) is 0.524. The van der Waals surface area contributed by atoms with Gasteiger partial charge in [-0.1, -0.05) is 36.3 Å². The molecule has 1 aromatic rings. The van der Waals surface area contributed by atoms with Crippen molar-refractivity contribution in [2.45, 2.75) is 58.9 Å². The molecule has 2 nitrogen and oxygen atoms in total. The Morgan fingerprint density at radius 1 is 1.17 bits per heavy atom. The Morgan fingerprint density at radius 2 is 1.92 bits per heavy atom. The molecule has 1 aliphatic rings. The lowest BCUT2D eigenvalue weighted by Gasteiger charge is -2.21. The summed E-state index contributed by atoms with van der Waals surface area (Å²) in [5.41, 5.74) is 2.58. The lowest BCUT2D eigenvalue weighted by Crippen LogP contribution is -2.24. The van der Waals surface area contributed by atoms with Crippen molar-refractivity contribution in [1.29, 1.82) is 0 Å². The molecule has 0 spiro atoms. The SMILES string of the molecule is CC1=C(O[Si](C)(C)C)CCC1C#CCCCOCc1ccccc1. The number of allylic oxidation sites excluding steroid dienone is 2. The summed E-state index contributed by atoms with van der Waals surface area (Å²) < 4.78 is 11.9. The van der Waals surface area contributed by atoms with E-state index in [1.165, 1.54) is 16.9 Å². The molecule has 0 N–H and O–H groups in total. The number of hydrogen-bond acceptors (Lipinski definition) is 2. The monoisotopic (exact) mass is 342 g/mol. The number of rotatable bonds is 7. The van der Waals surface area contributed by atoms with Crippen LogP contribution in [0.3, 0.4) is 0 Å². The molecule has 24 heavy (non-hydrogen) atoms. The Labute approximate surface area is 148 Å². The zero-order valence-electron chi connectivity index (χ0n) is 15.5. The summed E-state index contributed by atoms with van der Waals surface area (Å²) in [7, 11) is -1.50. The first kappa shape index (κ1) is 18.8. The molecule has 0 radical (unpaired) electrons. The van der Waals surface area contributed by atoms with Crippen LogP contribution in [0.4, 0.5) is 0 Å². The van der Waals surface area contributed by atoms with Gasteiger partial charge in [0.2, 0.25) is 8.32 Å². The van der Waals surface area contributed by atoms with Crippen LogP contribution < -0.4 is 0 Å². The lowest BCUT2D eigenvalue weighted by atomic mass is 10.0. The van der Waals surface area contributed by atoms with E-state index < -0.39 is 8.32 Å². The van der Waals surface area contributed by atoms with Gasteiger partial charge in [0, 0.05) is 25.4 Å². The fourth-order valence-corrected chi connectivity index (χ4v) is 3.79. The first-order chi connectivity index (χ1) is 11.5. The summed E-state index contributed by atoms with van der Waals surface area (Å²) in [4.78, 5) is 0. The maximum atomic E-state index is 6.17. The first-order valence-electron chi connectivity index (χ1n) is 8.94. The van der Waals surface area contributed by atoms with Crippen LogP contribution in [0, 0.1) is 17.8 Å². The second-order valence-electron chi connectivity index (χ2n) is 7.37. The van der Waals surface area contributed by atoms with Crippen molar-refractivity contribution < 1.29 is 9.16 Å². The van der Waals surface area contributed by atoms with Crippen LogP contribution >= 0.6 is 0 Å². The third-order valence-electron chi connectivity index (χ3n) is 4.03. The van der Waals surface area contributed by atoms with E-state index in [1.54, 1.807) is 0 Å². The molecular weight excluding hydrogens is 312 g/mol. The standard InChI is InChI=1S/C21H30O2Si/c1-18-20(14-15-21(18)23-24(2,3)4)13-9-6-10-16-22-17-19-11-7-5-8-12-19/h5,7-8,11-12,20H,6,10,14-17H2,1-4H3. The molecule has 2 rings (SSSR count). The van der Waals surface area contributed by atoms with E-state index in [2.05, 4.69) is 50.5 Å². The predicted molar refractivity (Wildman–Crippen MR) is 103 cm³/mol. The number of ether oxygens (including phenoxy) is 1. The molecule has 0 heterocycles. The van der Waals surface area contributed by atoms with Crippen LogP contribution in [-0.4, -0.2) is 14.9 Å². The van der Waals surface area contributed by atoms with Gasteiger partial charge >= 0.3 is 0 Å². The van der Waals surface area contributed by atoms with E-state index >= 15 is 0 Å². The fourth-order valence-electron chi connectivity index (χ4n) is 2.79. The highest BCUT2D eigenvalue weighted by Crippen LogP contribution is 2.33. The minimum atomic E-state index is -1.50. The third-order valence-corrected chi connectivity index (χ3v) is 4.89. The summed E-state index contributed by atoms with van der Waals surface area (Å²) in [5, 5.41) is 0. The van der Waals surface area contributed by atoms with Crippen LogP contribution in [-0.2, 0) is 15.8 Å². The summed E-state index contributed by atoms with van der Waals surface area (Å²) in [6.45, 7) is 10.4. The maximum Gasteiger partial charge on any atom is 0.241 e. The molecule has 0 saturated heterocycles. The summed E-state index contributed by atoms with van der Waals surface area (Å²) in [5.74, 6) is 8.36. The number of benzene rings is 1. The molecule has 0 fully saturated rings. The molecule has 130 valence electrons. The quantitative estimate of drug-likeness (QED) is 0.369. The van der Waals surface area contributed by atoms with Gasteiger partial charge in [0.25, 0.3) is 0 Å². The van der Waals surface area contributed by atoms with Crippen LogP contribution in [0.1, 0.15) is 38.2 Å².